The molecule has 1 heterocycles. The molecule has 0 aliphatic carbocycles. The maximum atomic E-state index is 13.9. The van der Waals surface area contributed by atoms with Crippen molar-refractivity contribution in [2.45, 2.75) is 44.4 Å². The molecular formula is C31H32Cl2N2O4. The number of carbonyl (C=O) groups is 1. The van der Waals surface area contributed by atoms with Gasteiger partial charge in [-0.3, -0.25) is 4.79 Å². The van der Waals surface area contributed by atoms with Crippen LogP contribution >= 0.6 is 23.2 Å². The lowest BCUT2D eigenvalue weighted by Crippen LogP contribution is -2.50. The maximum absolute atomic E-state index is 13.9. The molecule has 0 saturated carbocycles. The fourth-order valence-corrected chi connectivity index (χ4v) is 4.84. The third-order valence-electron chi connectivity index (χ3n) is 6.23. The van der Waals surface area contributed by atoms with Crippen LogP contribution in [0.25, 0.3) is 6.08 Å². The first-order chi connectivity index (χ1) is 18.8. The van der Waals surface area contributed by atoms with Crippen molar-refractivity contribution in [3.63, 3.8) is 0 Å². The Morgan fingerprint density at radius 1 is 1.13 bits per heavy atom. The van der Waals surface area contributed by atoms with E-state index in [9.17, 15) is 4.79 Å². The molecule has 1 amide bonds. The number of aliphatic hydroxyl groups excluding tert-OH is 1. The van der Waals surface area contributed by atoms with Crippen LogP contribution in [0.5, 0.6) is 5.75 Å². The zero-order valence-electron chi connectivity index (χ0n) is 21.9. The molecule has 6 nitrogen and oxygen atoms in total. The highest BCUT2D eigenvalue weighted by molar-refractivity contribution is 6.35. The van der Waals surface area contributed by atoms with E-state index in [1.54, 1.807) is 18.2 Å². The molecule has 0 aromatic heterocycles. The van der Waals surface area contributed by atoms with E-state index in [0.29, 0.717) is 45.8 Å². The Morgan fingerprint density at radius 3 is 2.54 bits per heavy atom. The third-order valence-corrected chi connectivity index (χ3v) is 6.80. The van der Waals surface area contributed by atoms with Gasteiger partial charge in [0.25, 0.3) is 5.91 Å². The number of nitrogens with zero attached hydrogens (tertiary/aromatic N) is 1. The summed E-state index contributed by atoms with van der Waals surface area (Å²) in [6.07, 6.45) is 3.94. The van der Waals surface area contributed by atoms with Gasteiger partial charge in [-0.1, -0.05) is 71.8 Å². The number of rotatable bonds is 11. The van der Waals surface area contributed by atoms with Gasteiger partial charge in [0, 0.05) is 46.7 Å². The summed E-state index contributed by atoms with van der Waals surface area (Å²) in [4.78, 5) is 18.9. The van der Waals surface area contributed by atoms with Crippen LogP contribution in [-0.4, -0.2) is 41.7 Å². The monoisotopic (exact) mass is 566 g/mol. The number of halogens is 2. The fourth-order valence-electron chi connectivity index (χ4n) is 4.33. The molecule has 0 unspecified atom stereocenters. The Labute approximate surface area is 239 Å². The van der Waals surface area contributed by atoms with Gasteiger partial charge in [0.05, 0.1) is 6.61 Å². The summed E-state index contributed by atoms with van der Waals surface area (Å²) in [5.41, 5.74) is 1.01. The summed E-state index contributed by atoms with van der Waals surface area (Å²) < 4.78 is 12.1. The molecule has 3 aromatic rings. The van der Waals surface area contributed by atoms with Gasteiger partial charge in [0.15, 0.2) is 11.6 Å². The molecule has 0 spiro atoms. The molecule has 1 aliphatic heterocycles. The minimum absolute atomic E-state index is 0.0661. The lowest BCUT2D eigenvalue weighted by molar-refractivity contribution is -0.129. The van der Waals surface area contributed by atoms with Crippen LogP contribution < -0.4 is 10.1 Å². The van der Waals surface area contributed by atoms with E-state index in [-0.39, 0.29) is 25.0 Å². The Hall–Kier alpha value is -3.32. The molecular weight excluding hydrogens is 535 g/mol. The Kier molecular flexibility index (Phi) is 9.68. The number of amides is 1. The number of carbonyl (C=O) groups excluding carboxylic acids is 1. The van der Waals surface area contributed by atoms with E-state index in [2.05, 4.69) is 5.32 Å². The first kappa shape index (κ1) is 28.7. The van der Waals surface area contributed by atoms with Crippen molar-refractivity contribution in [1.82, 2.24) is 5.32 Å². The molecule has 1 aliphatic rings. The van der Waals surface area contributed by atoms with E-state index in [4.69, 9.17) is 42.8 Å². The topological polar surface area (TPSA) is 80.2 Å². The maximum Gasteiger partial charge on any atom is 0.252 e. The Bertz CT molecular complexity index is 1330. The number of ether oxygens (including phenoxy) is 2. The Morgan fingerprint density at radius 2 is 1.87 bits per heavy atom. The Balaban J connectivity index is 1.76. The minimum atomic E-state index is -1.32. The number of nitrogens with one attached hydrogen (secondary N) is 1. The van der Waals surface area contributed by atoms with Gasteiger partial charge in [0.2, 0.25) is 5.90 Å². The van der Waals surface area contributed by atoms with Crippen molar-refractivity contribution in [2.24, 2.45) is 4.99 Å². The molecule has 4 rings (SSSR count). The zero-order valence-corrected chi connectivity index (χ0v) is 23.5. The molecule has 0 saturated heterocycles. The number of aliphatic hydroxyl groups is 1. The first-order valence-corrected chi connectivity index (χ1v) is 13.7. The van der Waals surface area contributed by atoms with Crippen molar-refractivity contribution in [3.8, 4) is 5.75 Å². The van der Waals surface area contributed by atoms with Gasteiger partial charge in [-0.2, -0.15) is 0 Å². The third kappa shape index (κ3) is 7.01. The molecule has 0 bridgehead atoms. The predicted molar refractivity (Wildman–Crippen MR) is 157 cm³/mol. The van der Waals surface area contributed by atoms with Gasteiger partial charge < -0.3 is 19.9 Å². The molecule has 3 aromatic carbocycles. The highest BCUT2D eigenvalue weighted by Gasteiger charge is 2.53. The smallest absolute Gasteiger partial charge is 0.252 e. The van der Waals surface area contributed by atoms with Gasteiger partial charge in [-0.25, -0.2) is 4.99 Å². The summed E-state index contributed by atoms with van der Waals surface area (Å²) >= 11 is 12.8. The standard InChI is InChI=1S/C31H32Cl2N2O4/c1-21(2)34-30(37)31(17-6-10-22-8-4-3-5-9-22)28(26-16-13-24(32)20-27(26)33)39-29(35-31)23-11-14-25(15-12-23)38-19-7-18-36/h3-6,8-16,20-21,28,36H,7,17-19H2,1-2H3,(H,34,37)/b10-6+/t28-,31-/m1/s1. The van der Waals surface area contributed by atoms with Crippen molar-refractivity contribution in [2.75, 3.05) is 13.2 Å². The van der Waals surface area contributed by atoms with Gasteiger partial charge in [-0.15, -0.1) is 0 Å². The summed E-state index contributed by atoms with van der Waals surface area (Å²) in [6.45, 7) is 4.30. The van der Waals surface area contributed by atoms with E-state index in [1.807, 2.05) is 80.6 Å². The summed E-state index contributed by atoms with van der Waals surface area (Å²) in [6, 6.07) is 22.2. The highest BCUT2D eigenvalue weighted by Crippen LogP contribution is 2.45. The molecule has 39 heavy (non-hydrogen) atoms. The van der Waals surface area contributed by atoms with Crippen LogP contribution in [0.4, 0.5) is 0 Å². The van der Waals surface area contributed by atoms with Crippen LogP contribution in [0.15, 0.2) is 83.9 Å². The summed E-state index contributed by atoms with van der Waals surface area (Å²) in [5.74, 6) is 0.739. The van der Waals surface area contributed by atoms with E-state index >= 15 is 0 Å². The van der Waals surface area contributed by atoms with Crippen LogP contribution in [0, 0.1) is 0 Å². The zero-order chi connectivity index (χ0) is 27.8. The first-order valence-electron chi connectivity index (χ1n) is 12.9. The van der Waals surface area contributed by atoms with Gasteiger partial charge in [-0.05, 0) is 55.8 Å². The predicted octanol–water partition coefficient (Wildman–Crippen LogP) is 6.64. The second-order valence-corrected chi connectivity index (χ2v) is 10.4. The number of benzene rings is 3. The average molecular weight is 568 g/mol. The van der Waals surface area contributed by atoms with Crippen LogP contribution in [0.3, 0.4) is 0 Å². The molecule has 2 atom stereocenters. The second kappa shape index (κ2) is 13.2. The molecule has 0 fully saturated rings. The van der Waals surface area contributed by atoms with E-state index < -0.39 is 11.6 Å². The van der Waals surface area contributed by atoms with Crippen molar-refractivity contribution < 1.29 is 19.4 Å². The average Bonchev–Trinajstić information content (AvgIpc) is 3.30. The SMILES string of the molecule is CC(C)NC(=O)[C@]1(C/C=C/c2ccccc2)N=C(c2ccc(OCCCO)cc2)O[C@@H]1c1ccc(Cl)cc1Cl. The number of hydrogen-bond donors (Lipinski definition) is 2. The normalized spacial score (nSPS) is 18.7. The van der Waals surface area contributed by atoms with Crippen LogP contribution in [0.1, 0.15) is 49.5 Å². The van der Waals surface area contributed by atoms with Gasteiger partial charge in [0.1, 0.15) is 5.75 Å². The van der Waals surface area contributed by atoms with E-state index in [0.717, 1.165) is 5.56 Å². The number of aliphatic imine (C=N–C) groups is 1. The molecule has 8 heteroatoms. The number of hydrogen-bond acceptors (Lipinski definition) is 5. The fraction of sp³-hybridized carbons (Fsp3) is 0.290. The lowest BCUT2D eigenvalue weighted by atomic mass is 9.84. The van der Waals surface area contributed by atoms with Crippen molar-refractivity contribution in [1.29, 1.82) is 0 Å². The quantitative estimate of drug-likeness (QED) is 0.255. The van der Waals surface area contributed by atoms with Crippen LogP contribution in [0.2, 0.25) is 10.0 Å². The van der Waals surface area contributed by atoms with Crippen LogP contribution in [-0.2, 0) is 9.53 Å². The lowest BCUT2D eigenvalue weighted by Gasteiger charge is -2.31. The molecule has 204 valence electrons. The molecule has 2 N–H and O–H groups in total. The molecule has 0 radical (unpaired) electrons. The summed E-state index contributed by atoms with van der Waals surface area (Å²) in [5, 5.41) is 12.9. The van der Waals surface area contributed by atoms with E-state index in [1.165, 1.54) is 0 Å². The largest absolute Gasteiger partial charge is 0.494 e. The van der Waals surface area contributed by atoms with Crippen molar-refractivity contribution >= 4 is 41.1 Å². The second-order valence-electron chi connectivity index (χ2n) is 9.60. The minimum Gasteiger partial charge on any atom is -0.494 e. The van der Waals surface area contributed by atoms with Crippen molar-refractivity contribution in [3.05, 3.63) is 106 Å². The summed E-state index contributed by atoms with van der Waals surface area (Å²) in [7, 11) is 0. The highest BCUT2D eigenvalue weighted by atomic mass is 35.5. The van der Waals surface area contributed by atoms with Gasteiger partial charge >= 0.3 is 0 Å².